The van der Waals surface area contributed by atoms with Gasteiger partial charge in [-0.05, 0) is 50.9 Å². The average molecular weight is 269 g/mol. The van der Waals surface area contributed by atoms with Crippen LogP contribution in [0.15, 0.2) is 24.3 Å². The van der Waals surface area contributed by atoms with Crippen LogP contribution in [0.25, 0.3) is 0 Å². The fraction of sp³-hybridized carbons (Fsp3) is 0.538. The SMILES string of the molecule is C=C(C)C(=O)[Si](CCCN)(OCC)C(=O)C(=C)C. The fourth-order valence-electron chi connectivity index (χ4n) is 1.82. The van der Waals surface area contributed by atoms with Crippen molar-refractivity contribution < 1.29 is 14.0 Å². The Balaban J connectivity index is 5.54. The number of nitrogens with two attached hydrogens (primary N) is 1. The normalized spacial score (nSPS) is 11.1. The van der Waals surface area contributed by atoms with Crippen LogP contribution in [0.3, 0.4) is 0 Å². The van der Waals surface area contributed by atoms with Crippen LogP contribution in [-0.4, -0.2) is 32.3 Å². The number of hydrogen-bond acceptors (Lipinski definition) is 4. The quantitative estimate of drug-likeness (QED) is 0.511. The van der Waals surface area contributed by atoms with Gasteiger partial charge in [-0.15, -0.1) is 0 Å². The highest BCUT2D eigenvalue weighted by Gasteiger charge is 2.50. The molecule has 0 unspecified atom stereocenters. The third-order valence-electron chi connectivity index (χ3n) is 2.63. The van der Waals surface area contributed by atoms with E-state index in [1.807, 2.05) is 0 Å². The molecule has 0 saturated carbocycles. The van der Waals surface area contributed by atoms with Crippen LogP contribution in [-0.2, 0) is 14.0 Å². The minimum absolute atomic E-state index is 0.245. The predicted octanol–water partition coefficient (Wildman–Crippen LogP) is 1.69. The first-order chi connectivity index (χ1) is 8.33. The third-order valence-corrected chi connectivity index (χ3v) is 6.79. The van der Waals surface area contributed by atoms with Crippen molar-refractivity contribution in [3.63, 3.8) is 0 Å². The first kappa shape index (κ1) is 17.0. The van der Waals surface area contributed by atoms with Crippen LogP contribution < -0.4 is 5.73 Å². The lowest BCUT2D eigenvalue weighted by Crippen LogP contribution is -2.56. The molecule has 0 radical (unpaired) electrons. The van der Waals surface area contributed by atoms with Gasteiger partial charge in [0.05, 0.1) is 0 Å². The minimum atomic E-state index is -3.21. The van der Waals surface area contributed by atoms with Gasteiger partial charge in [0.2, 0.25) is 0 Å². The summed E-state index contributed by atoms with van der Waals surface area (Å²) in [6, 6.07) is 0.398. The van der Waals surface area contributed by atoms with Gasteiger partial charge in [-0.1, -0.05) is 13.2 Å². The molecule has 0 spiro atoms. The second-order valence-corrected chi connectivity index (χ2v) is 7.72. The Morgan fingerprint density at radius 3 is 1.89 bits per heavy atom. The number of allylic oxidation sites excluding steroid dienone is 2. The van der Waals surface area contributed by atoms with E-state index in [1.165, 1.54) is 0 Å². The van der Waals surface area contributed by atoms with Crippen molar-refractivity contribution in [2.24, 2.45) is 5.73 Å². The largest absolute Gasteiger partial charge is 0.404 e. The summed E-state index contributed by atoms with van der Waals surface area (Å²) in [5.74, 6) is 0. The summed E-state index contributed by atoms with van der Waals surface area (Å²) < 4.78 is 5.64. The molecule has 102 valence electrons. The van der Waals surface area contributed by atoms with Crippen LogP contribution in [0.5, 0.6) is 0 Å². The van der Waals surface area contributed by atoms with Crippen molar-refractivity contribution in [3.8, 4) is 0 Å². The smallest absolute Gasteiger partial charge is 0.346 e. The lowest BCUT2D eigenvalue weighted by molar-refractivity contribution is -0.115. The van der Waals surface area contributed by atoms with Crippen molar-refractivity contribution in [1.29, 1.82) is 0 Å². The van der Waals surface area contributed by atoms with Crippen LogP contribution >= 0.6 is 0 Å². The molecule has 0 bridgehead atoms. The van der Waals surface area contributed by atoms with Gasteiger partial charge in [-0.3, -0.25) is 9.59 Å². The fourth-order valence-corrected chi connectivity index (χ4v) is 5.46. The highest BCUT2D eigenvalue weighted by molar-refractivity contribution is 7.23. The number of carbonyl (C=O) groups excluding carboxylic acids is 2. The van der Waals surface area contributed by atoms with Crippen molar-refractivity contribution in [2.45, 2.75) is 33.2 Å². The molecule has 5 heteroatoms. The number of rotatable bonds is 9. The molecule has 0 saturated heterocycles. The van der Waals surface area contributed by atoms with Crippen LogP contribution in [0, 0.1) is 0 Å². The monoisotopic (exact) mass is 269 g/mol. The van der Waals surface area contributed by atoms with Gasteiger partial charge in [-0.2, -0.15) is 0 Å². The van der Waals surface area contributed by atoms with Crippen molar-refractivity contribution in [3.05, 3.63) is 24.3 Å². The first-order valence-corrected chi connectivity index (χ1v) is 8.19. The molecule has 0 fully saturated rings. The molecule has 0 aromatic rings. The summed E-state index contributed by atoms with van der Waals surface area (Å²) in [6.45, 7) is 13.0. The van der Waals surface area contributed by atoms with Crippen LogP contribution in [0.4, 0.5) is 0 Å². The van der Waals surface area contributed by atoms with E-state index in [0.29, 0.717) is 36.8 Å². The second kappa shape index (κ2) is 7.40. The summed E-state index contributed by atoms with van der Waals surface area (Å²) in [6.07, 6.45) is 0.588. The van der Waals surface area contributed by atoms with Gasteiger partial charge >= 0.3 is 8.32 Å². The lowest BCUT2D eigenvalue weighted by atomic mass is 10.4. The molecule has 4 nitrogen and oxygen atoms in total. The topological polar surface area (TPSA) is 69.4 Å². The maximum atomic E-state index is 12.3. The average Bonchev–Trinajstić information content (AvgIpc) is 2.32. The van der Waals surface area contributed by atoms with Crippen molar-refractivity contribution >= 4 is 19.1 Å². The zero-order valence-corrected chi connectivity index (χ0v) is 12.5. The summed E-state index contributed by atoms with van der Waals surface area (Å²) in [4.78, 5) is 24.7. The molecule has 18 heavy (non-hydrogen) atoms. The van der Waals surface area contributed by atoms with Gasteiger partial charge in [0.25, 0.3) is 0 Å². The molecule has 0 aliphatic heterocycles. The van der Waals surface area contributed by atoms with E-state index in [2.05, 4.69) is 13.2 Å². The van der Waals surface area contributed by atoms with Gasteiger partial charge in [-0.25, -0.2) is 0 Å². The molecule has 0 aliphatic rings. The highest BCUT2D eigenvalue weighted by Crippen LogP contribution is 2.23. The van der Waals surface area contributed by atoms with E-state index in [-0.39, 0.29) is 10.8 Å². The van der Waals surface area contributed by atoms with E-state index < -0.39 is 8.32 Å². The zero-order chi connectivity index (χ0) is 14.3. The van der Waals surface area contributed by atoms with E-state index >= 15 is 0 Å². The van der Waals surface area contributed by atoms with Crippen molar-refractivity contribution in [2.75, 3.05) is 13.2 Å². The first-order valence-electron chi connectivity index (χ1n) is 6.08. The molecule has 0 aromatic heterocycles. The maximum Gasteiger partial charge on any atom is 0.346 e. The number of hydrogen-bond donors (Lipinski definition) is 1. The Labute approximate surface area is 110 Å². The molecular weight excluding hydrogens is 246 g/mol. The Morgan fingerprint density at radius 1 is 1.17 bits per heavy atom. The van der Waals surface area contributed by atoms with Gasteiger partial charge in [0, 0.05) is 6.61 Å². The molecule has 0 rings (SSSR count). The molecule has 0 amide bonds. The molecule has 0 aromatic carbocycles. The summed E-state index contributed by atoms with van der Waals surface area (Å²) in [7, 11) is -3.21. The van der Waals surface area contributed by atoms with Gasteiger partial charge in [0.1, 0.15) is 0 Å². The summed E-state index contributed by atoms with van der Waals surface area (Å²) in [5, 5.41) is -0.489. The molecule has 2 N–H and O–H groups in total. The van der Waals surface area contributed by atoms with Gasteiger partial charge in [0.15, 0.2) is 10.8 Å². The Kier molecular flexibility index (Phi) is 6.98. The standard InChI is InChI=1S/C13H23NO3Si/c1-6-17-18(9-7-8-14,12(15)10(2)3)13(16)11(4)5/h2,4,6-9,14H2,1,3,5H3. The predicted molar refractivity (Wildman–Crippen MR) is 75.5 cm³/mol. The third kappa shape index (κ3) is 3.73. The van der Waals surface area contributed by atoms with E-state index in [0.717, 1.165) is 0 Å². The molecule has 0 atom stereocenters. The van der Waals surface area contributed by atoms with Crippen LogP contribution in [0.2, 0.25) is 6.04 Å². The van der Waals surface area contributed by atoms with E-state index in [1.54, 1.807) is 20.8 Å². The summed E-state index contributed by atoms with van der Waals surface area (Å²) in [5.41, 5.74) is 6.21. The maximum absolute atomic E-state index is 12.3. The Hall–Kier alpha value is -1.04. The summed E-state index contributed by atoms with van der Waals surface area (Å²) >= 11 is 0. The lowest BCUT2D eigenvalue weighted by Gasteiger charge is -2.28. The minimum Gasteiger partial charge on any atom is -0.404 e. The highest BCUT2D eigenvalue weighted by atomic mass is 28.4. The zero-order valence-electron chi connectivity index (χ0n) is 11.5. The second-order valence-electron chi connectivity index (χ2n) is 4.37. The Bertz CT molecular complexity index is 337. The molecule has 0 aliphatic carbocycles. The van der Waals surface area contributed by atoms with E-state index in [4.69, 9.17) is 10.2 Å². The molecule has 0 heterocycles. The van der Waals surface area contributed by atoms with Crippen LogP contribution in [0.1, 0.15) is 27.2 Å². The van der Waals surface area contributed by atoms with Crippen molar-refractivity contribution in [1.82, 2.24) is 0 Å². The van der Waals surface area contributed by atoms with Gasteiger partial charge < -0.3 is 10.2 Å². The van der Waals surface area contributed by atoms with E-state index in [9.17, 15) is 9.59 Å². The Morgan fingerprint density at radius 2 is 1.61 bits per heavy atom. The molecular formula is C13H23NO3Si. The number of carbonyl (C=O) groups is 2.